The second-order valence-corrected chi connectivity index (χ2v) is 5.11. The van der Waals surface area contributed by atoms with E-state index in [2.05, 4.69) is 10.3 Å². The third-order valence-corrected chi connectivity index (χ3v) is 3.70. The minimum absolute atomic E-state index is 0.0307. The van der Waals surface area contributed by atoms with Gasteiger partial charge in [0, 0.05) is 11.1 Å². The van der Waals surface area contributed by atoms with Crippen molar-refractivity contribution in [2.45, 2.75) is 20.4 Å². The maximum Gasteiger partial charge on any atom is 0.261 e. The summed E-state index contributed by atoms with van der Waals surface area (Å²) in [6.45, 7) is 4.51. The van der Waals surface area contributed by atoms with Crippen LogP contribution in [0.4, 0.5) is 0 Å². The van der Waals surface area contributed by atoms with Gasteiger partial charge in [-0.15, -0.1) is 11.3 Å². The number of aryl methyl sites for hydroxylation is 2. The van der Waals surface area contributed by atoms with Gasteiger partial charge in [-0.3, -0.25) is 9.78 Å². The lowest BCUT2D eigenvalue weighted by Gasteiger charge is -2.02. The number of nitrogens with zero attached hydrogens (tertiary/aromatic N) is 1. The molecule has 0 spiro atoms. The molecule has 88 valence electrons. The third-order valence-electron chi connectivity index (χ3n) is 2.55. The Morgan fingerprint density at radius 2 is 2.24 bits per heavy atom. The SMILES string of the molecule is Cc1cc(C(=O)NCc2ccccn2)sc1C. The van der Waals surface area contributed by atoms with Crippen LogP contribution < -0.4 is 5.32 Å². The second kappa shape index (κ2) is 5.10. The lowest BCUT2D eigenvalue weighted by molar-refractivity contribution is 0.0954. The molecule has 0 aliphatic heterocycles. The Hall–Kier alpha value is -1.68. The van der Waals surface area contributed by atoms with Crippen LogP contribution in [-0.4, -0.2) is 10.9 Å². The van der Waals surface area contributed by atoms with E-state index in [0.29, 0.717) is 6.54 Å². The highest BCUT2D eigenvalue weighted by molar-refractivity contribution is 7.14. The monoisotopic (exact) mass is 246 g/mol. The quantitative estimate of drug-likeness (QED) is 0.904. The summed E-state index contributed by atoms with van der Waals surface area (Å²) in [5, 5.41) is 2.86. The molecule has 0 aliphatic carbocycles. The maximum atomic E-state index is 11.9. The molecule has 2 rings (SSSR count). The molecule has 4 heteroatoms. The van der Waals surface area contributed by atoms with Gasteiger partial charge in [-0.1, -0.05) is 6.07 Å². The van der Waals surface area contributed by atoms with Crippen LogP contribution in [0.25, 0.3) is 0 Å². The Morgan fingerprint density at radius 1 is 1.41 bits per heavy atom. The molecule has 0 atom stereocenters. The van der Waals surface area contributed by atoms with Crippen LogP contribution in [0.15, 0.2) is 30.5 Å². The van der Waals surface area contributed by atoms with Gasteiger partial charge in [0.05, 0.1) is 17.1 Å². The molecule has 0 unspecified atom stereocenters. The van der Waals surface area contributed by atoms with Crippen molar-refractivity contribution in [3.8, 4) is 0 Å². The molecular formula is C13H14N2OS. The molecule has 17 heavy (non-hydrogen) atoms. The minimum atomic E-state index is -0.0307. The highest BCUT2D eigenvalue weighted by Crippen LogP contribution is 2.20. The van der Waals surface area contributed by atoms with Crippen LogP contribution >= 0.6 is 11.3 Å². The number of pyridine rings is 1. The van der Waals surface area contributed by atoms with Crippen molar-refractivity contribution in [2.75, 3.05) is 0 Å². The van der Waals surface area contributed by atoms with E-state index < -0.39 is 0 Å². The number of rotatable bonds is 3. The van der Waals surface area contributed by atoms with Crippen LogP contribution in [0.5, 0.6) is 0 Å². The number of hydrogen-bond donors (Lipinski definition) is 1. The first-order chi connectivity index (χ1) is 8.16. The summed E-state index contributed by atoms with van der Waals surface area (Å²) in [4.78, 5) is 18.0. The number of thiophene rings is 1. The van der Waals surface area contributed by atoms with Crippen LogP contribution in [0.1, 0.15) is 25.8 Å². The van der Waals surface area contributed by atoms with Gasteiger partial charge in [-0.2, -0.15) is 0 Å². The Morgan fingerprint density at radius 3 is 2.82 bits per heavy atom. The first-order valence-electron chi connectivity index (χ1n) is 5.42. The summed E-state index contributed by atoms with van der Waals surface area (Å²) in [5.74, 6) is -0.0307. The van der Waals surface area contributed by atoms with Crippen LogP contribution in [-0.2, 0) is 6.54 Å². The van der Waals surface area contributed by atoms with E-state index in [1.54, 1.807) is 6.20 Å². The normalized spacial score (nSPS) is 10.2. The molecule has 3 nitrogen and oxygen atoms in total. The molecule has 2 aromatic heterocycles. The number of nitrogens with one attached hydrogen (secondary N) is 1. The van der Waals surface area contributed by atoms with Crippen LogP contribution in [0.2, 0.25) is 0 Å². The van der Waals surface area contributed by atoms with Gasteiger partial charge in [-0.25, -0.2) is 0 Å². The van der Waals surface area contributed by atoms with Crippen molar-refractivity contribution in [1.29, 1.82) is 0 Å². The fourth-order valence-electron chi connectivity index (χ4n) is 1.45. The molecule has 0 radical (unpaired) electrons. The van der Waals surface area contributed by atoms with E-state index in [1.165, 1.54) is 16.2 Å². The lowest BCUT2D eigenvalue weighted by atomic mass is 10.3. The fraction of sp³-hybridized carbons (Fsp3) is 0.231. The topological polar surface area (TPSA) is 42.0 Å². The van der Waals surface area contributed by atoms with Crippen molar-refractivity contribution in [3.63, 3.8) is 0 Å². The molecule has 2 aromatic rings. The van der Waals surface area contributed by atoms with Crippen molar-refractivity contribution < 1.29 is 4.79 Å². The standard InChI is InChI=1S/C13H14N2OS/c1-9-7-12(17-10(9)2)13(16)15-8-11-5-3-4-6-14-11/h3-7H,8H2,1-2H3,(H,15,16). The first kappa shape index (κ1) is 11.8. The van der Waals surface area contributed by atoms with Crippen molar-refractivity contribution in [1.82, 2.24) is 10.3 Å². The molecule has 0 saturated carbocycles. The minimum Gasteiger partial charge on any atom is -0.346 e. The van der Waals surface area contributed by atoms with E-state index in [1.807, 2.05) is 38.1 Å². The average molecular weight is 246 g/mol. The molecule has 0 aliphatic rings. The van der Waals surface area contributed by atoms with E-state index in [-0.39, 0.29) is 5.91 Å². The van der Waals surface area contributed by atoms with Gasteiger partial charge < -0.3 is 5.32 Å². The summed E-state index contributed by atoms with van der Waals surface area (Å²) in [6, 6.07) is 7.59. The van der Waals surface area contributed by atoms with Gasteiger partial charge in [0.25, 0.3) is 5.91 Å². The summed E-state index contributed by atoms with van der Waals surface area (Å²) in [5.41, 5.74) is 2.03. The Labute approximate surface area is 105 Å². The summed E-state index contributed by atoms with van der Waals surface area (Å²) in [7, 11) is 0. The van der Waals surface area contributed by atoms with Crippen molar-refractivity contribution in [2.24, 2.45) is 0 Å². The number of carbonyl (C=O) groups is 1. The van der Waals surface area contributed by atoms with E-state index in [9.17, 15) is 4.79 Å². The predicted molar refractivity (Wildman–Crippen MR) is 69.2 cm³/mol. The van der Waals surface area contributed by atoms with Gasteiger partial charge in [0.2, 0.25) is 0 Å². The Balaban J connectivity index is 1.98. The highest BCUT2D eigenvalue weighted by atomic mass is 32.1. The molecule has 0 aromatic carbocycles. The second-order valence-electron chi connectivity index (χ2n) is 3.85. The molecule has 0 fully saturated rings. The van der Waals surface area contributed by atoms with Crippen molar-refractivity contribution in [3.05, 3.63) is 51.5 Å². The predicted octanol–water partition coefficient (Wildman–Crippen LogP) is 2.69. The van der Waals surface area contributed by atoms with E-state index in [0.717, 1.165) is 16.1 Å². The average Bonchev–Trinajstić information content (AvgIpc) is 2.68. The van der Waals surface area contributed by atoms with Gasteiger partial charge >= 0.3 is 0 Å². The molecule has 1 N–H and O–H groups in total. The zero-order chi connectivity index (χ0) is 12.3. The first-order valence-corrected chi connectivity index (χ1v) is 6.23. The third kappa shape index (κ3) is 2.91. The summed E-state index contributed by atoms with van der Waals surface area (Å²) < 4.78 is 0. The van der Waals surface area contributed by atoms with Crippen LogP contribution in [0.3, 0.4) is 0 Å². The molecule has 2 heterocycles. The number of carbonyl (C=O) groups excluding carboxylic acids is 1. The summed E-state index contributed by atoms with van der Waals surface area (Å²) >= 11 is 1.53. The summed E-state index contributed by atoms with van der Waals surface area (Å²) in [6.07, 6.45) is 1.72. The Kier molecular flexibility index (Phi) is 3.54. The zero-order valence-corrected chi connectivity index (χ0v) is 10.7. The molecule has 0 saturated heterocycles. The smallest absolute Gasteiger partial charge is 0.261 e. The fourth-order valence-corrected chi connectivity index (χ4v) is 2.40. The molecule has 0 bridgehead atoms. The molecule has 1 amide bonds. The van der Waals surface area contributed by atoms with Gasteiger partial charge in [0.15, 0.2) is 0 Å². The van der Waals surface area contributed by atoms with Gasteiger partial charge in [-0.05, 0) is 37.6 Å². The van der Waals surface area contributed by atoms with Crippen molar-refractivity contribution >= 4 is 17.2 Å². The van der Waals surface area contributed by atoms with Crippen LogP contribution in [0, 0.1) is 13.8 Å². The number of amides is 1. The zero-order valence-electron chi connectivity index (χ0n) is 9.86. The Bertz CT molecular complexity index is 500. The molecular weight excluding hydrogens is 232 g/mol. The maximum absolute atomic E-state index is 11.9. The largest absolute Gasteiger partial charge is 0.346 e. The highest BCUT2D eigenvalue weighted by Gasteiger charge is 2.09. The number of aromatic nitrogens is 1. The van der Waals surface area contributed by atoms with E-state index >= 15 is 0 Å². The van der Waals surface area contributed by atoms with Gasteiger partial charge in [0.1, 0.15) is 0 Å². The number of hydrogen-bond acceptors (Lipinski definition) is 3. The lowest BCUT2D eigenvalue weighted by Crippen LogP contribution is -2.22. The van der Waals surface area contributed by atoms with E-state index in [4.69, 9.17) is 0 Å².